The van der Waals surface area contributed by atoms with Crippen LogP contribution in [0.1, 0.15) is 39.7 Å². The molecule has 0 aromatic heterocycles. The lowest BCUT2D eigenvalue weighted by Crippen LogP contribution is -2.40. The van der Waals surface area contributed by atoms with Crippen LogP contribution in [0.15, 0.2) is 12.1 Å². The number of alkyl carbamates (subject to hydrolysis) is 1. The van der Waals surface area contributed by atoms with E-state index in [1.807, 2.05) is 33.8 Å². The molecule has 0 bridgehead atoms. The summed E-state index contributed by atoms with van der Waals surface area (Å²) >= 11 is 0. The molecule has 0 aliphatic carbocycles. The molecule has 1 aromatic carbocycles. The maximum atomic E-state index is 13.9. The molecule has 2 aliphatic heterocycles. The smallest absolute Gasteiger partial charge is 0.407 e. The van der Waals surface area contributed by atoms with E-state index in [0.29, 0.717) is 18.7 Å². The van der Waals surface area contributed by atoms with Crippen molar-refractivity contribution in [1.82, 2.24) is 5.32 Å². The van der Waals surface area contributed by atoms with E-state index < -0.39 is 11.7 Å². The number of amides is 1. The van der Waals surface area contributed by atoms with Gasteiger partial charge in [-0.1, -0.05) is 0 Å². The van der Waals surface area contributed by atoms with Crippen molar-refractivity contribution in [3.63, 3.8) is 0 Å². The summed E-state index contributed by atoms with van der Waals surface area (Å²) in [6.45, 7) is 8.97. The van der Waals surface area contributed by atoms with E-state index in [1.54, 1.807) is 0 Å². The number of carbonyl (C=O) groups excluding carboxylic acids is 1. The number of nitrogens with one attached hydrogen (secondary N) is 1. The van der Waals surface area contributed by atoms with Crippen LogP contribution in [-0.4, -0.2) is 36.9 Å². The highest BCUT2D eigenvalue weighted by atomic mass is 19.1. The van der Waals surface area contributed by atoms with Gasteiger partial charge >= 0.3 is 6.09 Å². The van der Waals surface area contributed by atoms with Crippen LogP contribution in [0.3, 0.4) is 0 Å². The standard InChI is InChI=1S/C18H25FN2O3/c1-11-9-13-15(6-5-14(19)16(13)23-11)21-8-7-12(10-21)20-17(22)24-18(2,3)4/h5-6,11-12H,7-10H2,1-4H3,(H,20,22)/t11?,12-/m0/s1. The van der Waals surface area contributed by atoms with Gasteiger partial charge < -0.3 is 19.7 Å². The molecule has 0 spiro atoms. The quantitative estimate of drug-likeness (QED) is 0.901. The van der Waals surface area contributed by atoms with Crippen LogP contribution in [-0.2, 0) is 11.2 Å². The van der Waals surface area contributed by atoms with Gasteiger partial charge in [-0.05, 0) is 46.2 Å². The van der Waals surface area contributed by atoms with Crippen molar-refractivity contribution in [2.24, 2.45) is 0 Å². The molecule has 2 heterocycles. The Kier molecular flexibility index (Phi) is 4.32. The molecule has 6 heteroatoms. The number of ether oxygens (including phenoxy) is 2. The number of fused-ring (bicyclic) bond motifs is 1. The molecule has 3 rings (SSSR count). The van der Waals surface area contributed by atoms with Gasteiger partial charge in [-0.15, -0.1) is 0 Å². The predicted molar refractivity (Wildman–Crippen MR) is 90.2 cm³/mol. The van der Waals surface area contributed by atoms with Gasteiger partial charge in [0, 0.05) is 30.8 Å². The molecule has 132 valence electrons. The molecule has 2 atom stereocenters. The second-order valence-electron chi connectivity index (χ2n) is 7.58. The van der Waals surface area contributed by atoms with Gasteiger partial charge in [0.05, 0.1) is 6.04 Å². The highest BCUT2D eigenvalue weighted by Gasteiger charge is 2.31. The zero-order chi connectivity index (χ0) is 17.5. The Bertz CT molecular complexity index is 642. The van der Waals surface area contributed by atoms with Crippen LogP contribution in [0.4, 0.5) is 14.9 Å². The van der Waals surface area contributed by atoms with Gasteiger partial charge in [0.25, 0.3) is 0 Å². The highest BCUT2D eigenvalue weighted by Crippen LogP contribution is 2.39. The Balaban J connectivity index is 1.67. The highest BCUT2D eigenvalue weighted by molar-refractivity contribution is 5.69. The Morgan fingerprint density at radius 3 is 2.88 bits per heavy atom. The Labute approximate surface area is 142 Å². The fourth-order valence-corrected chi connectivity index (χ4v) is 3.31. The summed E-state index contributed by atoms with van der Waals surface area (Å²) in [5.41, 5.74) is 1.43. The van der Waals surface area contributed by atoms with Crippen LogP contribution in [0.5, 0.6) is 5.75 Å². The van der Waals surface area contributed by atoms with Gasteiger partial charge in [-0.3, -0.25) is 0 Å². The number of hydrogen-bond donors (Lipinski definition) is 1. The second-order valence-corrected chi connectivity index (χ2v) is 7.58. The van der Waals surface area contributed by atoms with Crippen molar-refractivity contribution in [2.75, 3.05) is 18.0 Å². The second kappa shape index (κ2) is 6.15. The maximum absolute atomic E-state index is 13.9. The molecular weight excluding hydrogens is 311 g/mol. The maximum Gasteiger partial charge on any atom is 0.407 e. The summed E-state index contributed by atoms with van der Waals surface area (Å²) < 4.78 is 24.8. The average molecular weight is 336 g/mol. The van der Waals surface area contributed by atoms with Crippen LogP contribution in [0.25, 0.3) is 0 Å². The fourth-order valence-electron chi connectivity index (χ4n) is 3.31. The number of anilines is 1. The van der Waals surface area contributed by atoms with E-state index in [2.05, 4.69) is 10.2 Å². The molecule has 2 aliphatic rings. The lowest BCUT2D eigenvalue weighted by atomic mass is 10.1. The first-order valence-electron chi connectivity index (χ1n) is 8.45. The molecular formula is C18H25FN2O3. The number of benzene rings is 1. The monoisotopic (exact) mass is 336 g/mol. The van der Waals surface area contributed by atoms with E-state index >= 15 is 0 Å². The summed E-state index contributed by atoms with van der Waals surface area (Å²) in [4.78, 5) is 14.1. The van der Waals surface area contributed by atoms with Crippen molar-refractivity contribution in [2.45, 2.75) is 58.3 Å². The lowest BCUT2D eigenvalue weighted by molar-refractivity contribution is 0.0509. The van der Waals surface area contributed by atoms with Crippen molar-refractivity contribution >= 4 is 11.8 Å². The molecule has 1 N–H and O–H groups in total. The first-order chi connectivity index (χ1) is 11.2. The minimum absolute atomic E-state index is 0.00561. The summed E-state index contributed by atoms with van der Waals surface area (Å²) in [7, 11) is 0. The third kappa shape index (κ3) is 3.57. The Morgan fingerprint density at radius 1 is 1.42 bits per heavy atom. The number of nitrogens with zero attached hydrogens (tertiary/aromatic N) is 1. The van der Waals surface area contributed by atoms with Crippen LogP contribution in [0.2, 0.25) is 0 Å². The minimum atomic E-state index is -0.506. The minimum Gasteiger partial charge on any atom is -0.487 e. The zero-order valence-corrected chi connectivity index (χ0v) is 14.7. The Hall–Kier alpha value is -1.98. The molecule has 1 aromatic rings. The topological polar surface area (TPSA) is 50.8 Å². The average Bonchev–Trinajstić information content (AvgIpc) is 3.04. The van der Waals surface area contributed by atoms with Crippen LogP contribution >= 0.6 is 0 Å². The number of hydrogen-bond acceptors (Lipinski definition) is 4. The van der Waals surface area contributed by atoms with E-state index in [9.17, 15) is 9.18 Å². The number of rotatable bonds is 2. The summed E-state index contributed by atoms with van der Waals surface area (Å²) in [6, 6.07) is 3.30. The molecule has 1 amide bonds. The van der Waals surface area contributed by atoms with E-state index in [0.717, 1.165) is 24.2 Å². The molecule has 1 unspecified atom stereocenters. The zero-order valence-electron chi connectivity index (χ0n) is 14.7. The third-order valence-electron chi connectivity index (χ3n) is 4.25. The van der Waals surface area contributed by atoms with Crippen molar-refractivity contribution in [3.8, 4) is 5.75 Å². The molecule has 1 fully saturated rings. The van der Waals surface area contributed by atoms with Crippen molar-refractivity contribution < 1.29 is 18.7 Å². The number of halogens is 1. The molecule has 5 nitrogen and oxygen atoms in total. The van der Waals surface area contributed by atoms with E-state index in [-0.39, 0.29) is 18.0 Å². The molecule has 0 radical (unpaired) electrons. The summed E-state index contributed by atoms with van der Waals surface area (Å²) in [6.07, 6.45) is 1.15. The van der Waals surface area contributed by atoms with Gasteiger partial charge in [0.15, 0.2) is 11.6 Å². The van der Waals surface area contributed by atoms with Crippen LogP contribution in [0, 0.1) is 5.82 Å². The van der Waals surface area contributed by atoms with Crippen molar-refractivity contribution in [3.05, 3.63) is 23.5 Å². The summed E-state index contributed by atoms with van der Waals surface area (Å²) in [5.74, 6) is 0.0734. The SMILES string of the molecule is CC1Cc2c(N3CC[C@H](NC(=O)OC(C)(C)C)C3)ccc(F)c2O1. The van der Waals surface area contributed by atoms with E-state index in [4.69, 9.17) is 9.47 Å². The lowest BCUT2D eigenvalue weighted by Gasteiger charge is -2.23. The summed E-state index contributed by atoms with van der Waals surface area (Å²) in [5, 5.41) is 2.91. The predicted octanol–water partition coefficient (Wildman–Crippen LogP) is 3.25. The number of carbonyl (C=O) groups is 1. The van der Waals surface area contributed by atoms with E-state index in [1.165, 1.54) is 6.07 Å². The van der Waals surface area contributed by atoms with Gasteiger partial charge in [0.2, 0.25) is 0 Å². The first kappa shape index (κ1) is 16.9. The van der Waals surface area contributed by atoms with Crippen LogP contribution < -0.4 is 15.0 Å². The van der Waals surface area contributed by atoms with Gasteiger partial charge in [-0.2, -0.15) is 0 Å². The third-order valence-corrected chi connectivity index (χ3v) is 4.25. The fraction of sp³-hybridized carbons (Fsp3) is 0.611. The van der Waals surface area contributed by atoms with Gasteiger partial charge in [-0.25, -0.2) is 9.18 Å². The first-order valence-corrected chi connectivity index (χ1v) is 8.45. The molecule has 24 heavy (non-hydrogen) atoms. The largest absolute Gasteiger partial charge is 0.487 e. The van der Waals surface area contributed by atoms with Crippen molar-refractivity contribution in [1.29, 1.82) is 0 Å². The molecule has 1 saturated heterocycles. The van der Waals surface area contributed by atoms with Gasteiger partial charge in [0.1, 0.15) is 11.7 Å². The normalized spacial score (nSPS) is 23.0. The Morgan fingerprint density at radius 2 is 2.17 bits per heavy atom. The molecule has 0 saturated carbocycles.